The first-order valence-electron chi connectivity index (χ1n) is 22.1. The molecule has 3 aliphatic rings. The predicted molar refractivity (Wildman–Crippen MR) is 261 cm³/mol. The van der Waals surface area contributed by atoms with Gasteiger partial charge in [0.25, 0.3) is 0 Å². The summed E-state index contributed by atoms with van der Waals surface area (Å²) < 4.78 is 13.0. The minimum Gasteiger partial charge on any atom is -0.452 e. The quantitative estimate of drug-likeness (QED) is 0.163. The molecule has 0 amide bonds. The Hall–Kier alpha value is -7.94. The predicted octanol–water partition coefficient (Wildman–Crippen LogP) is 16.6. The molecule has 2 unspecified atom stereocenters. The van der Waals surface area contributed by atoms with Crippen LogP contribution < -0.4 is 0 Å². The van der Waals surface area contributed by atoms with Crippen molar-refractivity contribution in [3.8, 4) is 33.4 Å². The normalized spacial score (nSPS) is 17.4. The second-order valence-electron chi connectivity index (χ2n) is 17.8. The minimum absolute atomic E-state index is 0.321. The largest absolute Gasteiger partial charge is 0.452 e. The highest BCUT2D eigenvalue weighted by Gasteiger charge is 2.55. The summed E-state index contributed by atoms with van der Waals surface area (Å²) in [5.74, 6) is 0.321. The maximum atomic E-state index is 6.58. The summed E-state index contributed by atoms with van der Waals surface area (Å²) in [6.07, 6.45) is 8.08. The van der Waals surface area contributed by atoms with Crippen molar-refractivity contribution >= 4 is 76.2 Å². The molecule has 292 valence electrons. The lowest BCUT2D eigenvalue weighted by Gasteiger charge is -2.33. The van der Waals surface area contributed by atoms with Gasteiger partial charge in [0.2, 0.25) is 0 Å². The van der Waals surface area contributed by atoms with Gasteiger partial charge >= 0.3 is 0 Å². The van der Waals surface area contributed by atoms with E-state index >= 15 is 0 Å². The topological polar surface area (TPSA) is 26.3 Å². The average Bonchev–Trinajstić information content (AvgIpc) is 4.09. The molecule has 0 radical (unpaired) electrons. The summed E-state index contributed by atoms with van der Waals surface area (Å²) in [4.78, 5) is 0. The Labute approximate surface area is 362 Å². The van der Waals surface area contributed by atoms with Gasteiger partial charge in [-0.15, -0.1) is 0 Å². The van der Waals surface area contributed by atoms with Gasteiger partial charge < -0.3 is 8.83 Å². The molecule has 0 saturated carbocycles. The monoisotopic (exact) mass is 800 g/mol. The third kappa shape index (κ3) is 4.32. The molecule has 1 spiro atoms. The smallest absolute Gasteiger partial charge is 0.178 e. The lowest BCUT2D eigenvalue weighted by molar-refractivity contribution is 0.633. The zero-order valence-corrected chi connectivity index (χ0v) is 34.2. The van der Waals surface area contributed by atoms with E-state index in [9.17, 15) is 0 Å². The van der Waals surface area contributed by atoms with Crippen molar-refractivity contribution in [2.45, 2.75) is 17.8 Å². The number of hydrogen-bond acceptors (Lipinski definition) is 2. The summed E-state index contributed by atoms with van der Waals surface area (Å²) in [7, 11) is 0. The number of fused-ring (bicyclic) bond motifs is 23. The SMILES string of the molecule is C1=CCC2C(=C1)C1(c3cc(-c4ccc5oc6c(ccc7c8ccccc8oc76)c5c4)ccc3-c3ccc(-c4ccc5c6ccccc6c6ccccc6c5c4)cc31)c1ccccc12. The Morgan fingerprint density at radius 2 is 0.873 bits per heavy atom. The van der Waals surface area contributed by atoms with E-state index < -0.39 is 5.41 Å². The van der Waals surface area contributed by atoms with E-state index in [0.29, 0.717) is 5.92 Å². The van der Waals surface area contributed by atoms with Crippen LogP contribution in [0.4, 0.5) is 0 Å². The van der Waals surface area contributed by atoms with Crippen LogP contribution in [0.3, 0.4) is 0 Å². The number of hydrogen-bond donors (Lipinski definition) is 0. The highest BCUT2D eigenvalue weighted by atomic mass is 16.4. The van der Waals surface area contributed by atoms with Crippen LogP contribution in [0.1, 0.15) is 34.6 Å². The number of furan rings is 2. The summed E-state index contributed by atoms with van der Waals surface area (Å²) in [5.41, 5.74) is 17.4. The Morgan fingerprint density at radius 3 is 1.57 bits per heavy atom. The fourth-order valence-electron chi connectivity index (χ4n) is 12.2. The lowest BCUT2D eigenvalue weighted by atomic mass is 9.68. The van der Waals surface area contributed by atoms with Gasteiger partial charge in [-0.25, -0.2) is 0 Å². The van der Waals surface area contributed by atoms with Crippen LogP contribution in [0.5, 0.6) is 0 Å². The van der Waals surface area contributed by atoms with E-state index in [1.54, 1.807) is 0 Å². The maximum Gasteiger partial charge on any atom is 0.178 e. The molecule has 2 aromatic heterocycles. The van der Waals surface area contributed by atoms with Gasteiger partial charge in [-0.1, -0.05) is 152 Å². The summed E-state index contributed by atoms with van der Waals surface area (Å²) in [5, 5.41) is 12.1. The van der Waals surface area contributed by atoms with Crippen molar-refractivity contribution in [2.24, 2.45) is 0 Å². The van der Waals surface area contributed by atoms with Crippen molar-refractivity contribution in [2.75, 3.05) is 0 Å². The Balaban J connectivity index is 0.940. The first-order valence-corrected chi connectivity index (χ1v) is 22.1. The molecule has 15 rings (SSSR count). The van der Waals surface area contributed by atoms with Gasteiger partial charge in [0.15, 0.2) is 11.2 Å². The van der Waals surface area contributed by atoms with Gasteiger partial charge in [0.1, 0.15) is 11.2 Å². The third-order valence-electron chi connectivity index (χ3n) is 14.9. The first-order chi connectivity index (χ1) is 31.2. The van der Waals surface area contributed by atoms with Crippen LogP contribution in [0.15, 0.2) is 215 Å². The molecule has 10 aromatic carbocycles. The summed E-state index contributed by atoms with van der Waals surface area (Å²) in [6, 6.07) is 67.8. The molecule has 3 aliphatic carbocycles. The van der Waals surface area contributed by atoms with Crippen molar-refractivity contribution in [3.63, 3.8) is 0 Å². The van der Waals surface area contributed by atoms with Crippen molar-refractivity contribution in [3.05, 3.63) is 228 Å². The second kappa shape index (κ2) is 12.1. The van der Waals surface area contributed by atoms with Crippen LogP contribution in [-0.4, -0.2) is 0 Å². The number of benzene rings is 10. The van der Waals surface area contributed by atoms with Gasteiger partial charge in [-0.2, -0.15) is 0 Å². The van der Waals surface area contributed by atoms with Crippen LogP contribution in [0.2, 0.25) is 0 Å². The number of allylic oxidation sites excluding steroid dienone is 4. The van der Waals surface area contributed by atoms with Crippen LogP contribution >= 0.6 is 0 Å². The Morgan fingerprint density at radius 1 is 0.381 bits per heavy atom. The van der Waals surface area contributed by atoms with Crippen LogP contribution in [0.25, 0.3) is 110 Å². The first kappa shape index (κ1) is 33.7. The molecule has 0 N–H and O–H groups in total. The highest BCUT2D eigenvalue weighted by molar-refractivity contribution is 6.26. The molecule has 12 aromatic rings. The fourth-order valence-corrected chi connectivity index (χ4v) is 12.2. The molecule has 2 atom stereocenters. The molecule has 0 saturated heterocycles. The minimum atomic E-state index is -0.429. The fraction of sp³-hybridized carbons (Fsp3) is 0.0492. The van der Waals surface area contributed by atoms with Gasteiger partial charge in [0.05, 0.1) is 5.41 Å². The van der Waals surface area contributed by atoms with Crippen molar-refractivity contribution in [1.82, 2.24) is 0 Å². The van der Waals surface area contributed by atoms with E-state index in [0.717, 1.165) is 50.3 Å². The third-order valence-corrected chi connectivity index (χ3v) is 14.9. The number of rotatable bonds is 2. The van der Waals surface area contributed by atoms with Crippen molar-refractivity contribution in [1.29, 1.82) is 0 Å². The Kier molecular flexibility index (Phi) is 6.49. The van der Waals surface area contributed by atoms with E-state index in [1.807, 2.05) is 12.1 Å². The molecular formula is C61H36O2. The Bertz CT molecular complexity index is 4040. The molecule has 2 heterocycles. The zero-order valence-electron chi connectivity index (χ0n) is 34.2. The summed E-state index contributed by atoms with van der Waals surface area (Å²) in [6.45, 7) is 0. The highest BCUT2D eigenvalue weighted by Crippen LogP contribution is 2.65. The van der Waals surface area contributed by atoms with Crippen LogP contribution in [0, 0.1) is 0 Å². The average molecular weight is 801 g/mol. The van der Waals surface area contributed by atoms with E-state index in [2.05, 4.69) is 188 Å². The van der Waals surface area contributed by atoms with E-state index in [4.69, 9.17) is 8.83 Å². The van der Waals surface area contributed by atoms with Crippen molar-refractivity contribution < 1.29 is 8.83 Å². The zero-order chi connectivity index (χ0) is 41.0. The molecule has 0 bridgehead atoms. The lowest BCUT2D eigenvalue weighted by Crippen LogP contribution is -2.27. The molecule has 0 aliphatic heterocycles. The van der Waals surface area contributed by atoms with E-state index in [1.165, 1.54) is 93.5 Å². The standard InChI is InChI=1S/C61H36O2/c1-2-13-41-39(11-1)40-12-3-4-14-42(40)51-31-35(21-25-43(41)51)37-22-26-46-47-27-23-38(34-56(47)61(55(46)33-37)53-18-8-5-15-44(53)45-16-6-9-19-54(45)61)36-24-30-58-52(32-36)50-29-28-49-48-17-7-10-20-57(48)62-59(49)60(50)63-58/h1-15,17-34,45H,16H2. The molecule has 2 heteroatoms. The number of para-hydroxylation sites is 1. The molecule has 2 nitrogen and oxygen atoms in total. The molecular weight excluding hydrogens is 765 g/mol. The van der Waals surface area contributed by atoms with Gasteiger partial charge in [-0.05, 0) is 148 Å². The summed E-state index contributed by atoms with van der Waals surface area (Å²) >= 11 is 0. The maximum absolute atomic E-state index is 6.58. The second-order valence-corrected chi connectivity index (χ2v) is 17.8. The van der Waals surface area contributed by atoms with Gasteiger partial charge in [0, 0.05) is 27.5 Å². The van der Waals surface area contributed by atoms with Gasteiger partial charge in [-0.3, -0.25) is 0 Å². The molecule has 63 heavy (non-hydrogen) atoms. The molecule has 0 fully saturated rings. The van der Waals surface area contributed by atoms with E-state index in [-0.39, 0.29) is 0 Å². The van der Waals surface area contributed by atoms with Crippen LogP contribution in [-0.2, 0) is 5.41 Å².